The number of carbonyl (C=O) groups is 2. The number of ketones is 1. The van der Waals surface area contributed by atoms with Crippen molar-refractivity contribution in [2.24, 2.45) is 5.92 Å². The van der Waals surface area contributed by atoms with E-state index in [0.717, 1.165) is 0 Å². The van der Waals surface area contributed by atoms with Crippen LogP contribution in [-0.2, 0) is 14.3 Å². The molecule has 0 aromatic carbocycles. The van der Waals surface area contributed by atoms with Crippen LogP contribution in [0.5, 0.6) is 0 Å². The average Bonchev–Trinajstić information content (AvgIpc) is 2.61. The van der Waals surface area contributed by atoms with Crippen molar-refractivity contribution in [3.8, 4) is 0 Å². The van der Waals surface area contributed by atoms with Gasteiger partial charge in [-0.1, -0.05) is 0 Å². The number of hydrogen-bond donors (Lipinski definition) is 1. The van der Waals surface area contributed by atoms with Crippen molar-refractivity contribution in [3.63, 3.8) is 0 Å². The highest BCUT2D eigenvalue weighted by atomic mass is 35.5. The highest BCUT2D eigenvalue weighted by molar-refractivity contribution is 6.28. The quantitative estimate of drug-likeness (QED) is 0.781. The van der Waals surface area contributed by atoms with Gasteiger partial charge in [-0.25, -0.2) is 4.79 Å². The largest absolute Gasteiger partial charge is 0.444 e. The Bertz CT molecular complexity index is 300. The van der Waals surface area contributed by atoms with Gasteiger partial charge in [-0.05, 0) is 20.8 Å². The lowest BCUT2D eigenvalue weighted by atomic mass is 10.00. The van der Waals surface area contributed by atoms with Crippen LogP contribution >= 0.6 is 11.6 Å². The molecule has 1 saturated heterocycles. The van der Waals surface area contributed by atoms with E-state index in [0.29, 0.717) is 13.2 Å². The first kappa shape index (κ1) is 14.3. The highest BCUT2D eigenvalue weighted by Crippen LogP contribution is 2.16. The summed E-state index contributed by atoms with van der Waals surface area (Å²) in [4.78, 5) is 23.0. The molecule has 1 heterocycles. The van der Waals surface area contributed by atoms with Gasteiger partial charge < -0.3 is 14.8 Å². The van der Waals surface area contributed by atoms with E-state index in [2.05, 4.69) is 5.32 Å². The second-order valence-corrected chi connectivity index (χ2v) is 5.26. The summed E-state index contributed by atoms with van der Waals surface area (Å²) in [6, 6.07) is -0.351. The fourth-order valence-electron chi connectivity index (χ4n) is 1.57. The van der Waals surface area contributed by atoms with Gasteiger partial charge >= 0.3 is 6.09 Å². The topological polar surface area (TPSA) is 64.6 Å². The van der Waals surface area contributed by atoms with Gasteiger partial charge in [0.05, 0.1) is 31.1 Å². The van der Waals surface area contributed by atoms with Gasteiger partial charge in [0.1, 0.15) is 5.60 Å². The minimum atomic E-state index is -0.560. The predicted octanol–water partition coefficient (Wildman–Crippen LogP) is 1.33. The molecule has 6 heteroatoms. The molecule has 0 bridgehead atoms. The molecule has 17 heavy (non-hydrogen) atoms. The second kappa shape index (κ2) is 5.69. The third-order valence-electron chi connectivity index (χ3n) is 2.33. The number of hydrogen-bond acceptors (Lipinski definition) is 4. The molecule has 5 nitrogen and oxygen atoms in total. The molecule has 1 amide bonds. The Labute approximate surface area is 106 Å². The maximum Gasteiger partial charge on any atom is 0.407 e. The monoisotopic (exact) mass is 263 g/mol. The van der Waals surface area contributed by atoms with Crippen molar-refractivity contribution < 1.29 is 19.1 Å². The molecule has 1 aliphatic heterocycles. The lowest BCUT2D eigenvalue weighted by Gasteiger charge is -2.23. The fraction of sp³-hybridized carbons (Fsp3) is 0.818. The van der Waals surface area contributed by atoms with Crippen LogP contribution in [0.2, 0.25) is 0 Å². The maximum absolute atomic E-state index is 11.5. The Morgan fingerprint density at radius 3 is 2.59 bits per heavy atom. The van der Waals surface area contributed by atoms with Crippen LogP contribution in [0.25, 0.3) is 0 Å². The van der Waals surface area contributed by atoms with E-state index in [1.807, 2.05) is 0 Å². The molecule has 0 spiro atoms. The summed E-state index contributed by atoms with van der Waals surface area (Å²) in [5, 5.41) is 2.64. The van der Waals surface area contributed by atoms with E-state index in [-0.39, 0.29) is 23.6 Å². The number of alkyl halides is 1. The zero-order valence-electron chi connectivity index (χ0n) is 10.3. The van der Waals surface area contributed by atoms with E-state index in [1.54, 1.807) is 20.8 Å². The fourth-order valence-corrected chi connectivity index (χ4v) is 1.77. The standard InChI is InChI=1S/C11H18ClNO4/c1-11(2,3)17-10(15)13-8-6-16-5-7(8)9(14)4-12/h7-8H,4-6H2,1-3H3,(H,13,15). The Balaban J connectivity index is 2.50. The van der Waals surface area contributed by atoms with Crippen LogP contribution in [0.3, 0.4) is 0 Å². The molecule has 0 aliphatic carbocycles. The molecule has 2 atom stereocenters. The van der Waals surface area contributed by atoms with Crippen LogP contribution in [0, 0.1) is 5.92 Å². The first-order chi connectivity index (χ1) is 7.83. The van der Waals surface area contributed by atoms with Crippen LogP contribution < -0.4 is 5.32 Å². The third-order valence-corrected chi connectivity index (χ3v) is 2.59. The lowest BCUT2D eigenvalue weighted by Crippen LogP contribution is -2.45. The van der Waals surface area contributed by atoms with Crippen molar-refractivity contribution in [1.29, 1.82) is 0 Å². The number of ether oxygens (including phenoxy) is 2. The second-order valence-electron chi connectivity index (χ2n) is 5.00. The van der Waals surface area contributed by atoms with E-state index in [9.17, 15) is 9.59 Å². The van der Waals surface area contributed by atoms with Crippen molar-refractivity contribution in [2.45, 2.75) is 32.4 Å². The number of alkyl carbamates (subject to hydrolysis) is 1. The Morgan fingerprint density at radius 2 is 2.06 bits per heavy atom. The summed E-state index contributed by atoms with van der Waals surface area (Å²) in [5.74, 6) is -0.564. The number of Topliss-reactive ketones (excluding diaryl/α,β-unsaturated/α-hetero) is 1. The Hall–Kier alpha value is -0.810. The number of amides is 1. The normalized spacial score (nSPS) is 24.5. The first-order valence-corrected chi connectivity index (χ1v) is 6.03. The Kier molecular flexibility index (Phi) is 4.77. The maximum atomic E-state index is 11.5. The zero-order valence-corrected chi connectivity index (χ0v) is 11.0. The number of nitrogens with one attached hydrogen (secondary N) is 1. The molecular weight excluding hydrogens is 246 g/mol. The summed E-state index contributed by atoms with van der Waals surface area (Å²) < 4.78 is 10.3. The number of carbonyl (C=O) groups excluding carboxylic acids is 2. The minimum absolute atomic E-state index is 0.0689. The van der Waals surface area contributed by atoms with Crippen LogP contribution in [0.1, 0.15) is 20.8 Å². The van der Waals surface area contributed by atoms with E-state index < -0.39 is 11.7 Å². The molecular formula is C11H18ClNO4. The predicted molar refractivity (Wildman–Crippen MR) is 63.2 cm³/mol. The highest BCUT2D eigenvalue weighted by Gasteiger charge is 2.35. The summed E-state index contributed by atoms with van der Waals surface area (Å²) in [5.41, 5.74) is -0.560. The van der Waals surface area contributed by atoms with Gasteiger partial charge in [0.2, 0.25) is 0 Å². The van der Waals surface area contributed by atoms with Crippen LogP contribution in [0.15, 0.2) is 0 Å². The number of rotatable bonds is 3. The molecule has 0 aromatic rings. The summed E-state index contributed by atoms with van der Waals surface area (Å²) in [6.45, 7) is 5.94. The van der Waals surface area contributed by atoms with E-state index in [4.69, 9.17) is 21.1 Å². The van der Waals surface area contributed by atoms with Crippen molar-refractivity contribution in [3.05, 3.63) is 0 Å². The van der Waals surface area contributed by atoms with Gasteiger partial charge in [-0.2, -0.15) is 0 Å². The summed E-state index contributed by atoms with van der Waals surface area (Å²) in [6.07, 6.45) is -0.541. The van der Waals surface area contributed by atoms with Gasteiger partial charge in [0.15, 0.2) is 5.78 Å². The van der Waals surface area contributed by atoms with Gasteiger partial charge in [-0.15, -0.1) is 11.6 Å². The SMILES string of the molecule is CC(C)(C)OC(=O)NC1COCC1C(=O)CCl. The van der Waals surface area contributed by atoms with Gasteiger partial charge in [-0.3, -0.25) is 4.79 Å². The van der Waals surface area contributed by atoms with Gasteiger partial charge in [0.25, 0.3) is 0 Å². The zero-order chi connectivity index (χ0) is 13.1. The summed E-state index contributed by atoms with van der Waals surface area (Å²) in [7, 11) is 0. The third kappa shape index (κ3) is 4.52. The molecule has 1 fully saturated rings. The average molecular weight is 264 g/mol. The minimum Gasteiger partial charge on any atom is -0.444 e. The van der Waals surface area contributed by atoms with Crippen molar-refractivity contribution >= 4 is 23.5 Å². The van der Waals surface area contributed by atoms with Crippen molar-refractivity contribution in [2.75, 3.05) is 19.1 Å². The van der Waals surface area contributed by atoms with Gasteiger partial charge in [0, 0.05) is 0 Å². The molecule has 0 saturated carbocycles. The molecule has 0 aromatic heterocycles. The molecule has 1 aliphatic rings. The molecule has 0 radical (unpaired) electrons. The summed E-state index contributed by atoms with van der Waals surface area (Å²) >= 11 is 5.49. The van der Waals surface area contributed by atoms with E-state index in [1.165, 1.54) is 0 Å². The first-order valence-electron chi connectivity index (χ1n) is 5.49. The number of halogens is 1. The molecule has 1 N–H and O–H groups in total. The lowest BCUT2D eigenvalue weighted by molar-refractivity contribution is -0.120. The molecule has 2 unspecified atom stereocenters. The molecule has 1 rings (SSSR count). The Morgan fingerprint density at radius 1 is 1.41 bits per heavy atom. The van der Waals surface area contributed by atoms with Crippen LogP contribution in [-0.4, -0.2) is 42.6 Å². The van der Waals surface area contributed by atoms with Crippen LogP contribution in [0.4, 0.5) is 4.79 Å². The van der Waals surface area contributed by atoms with Crippen molar-refractivity contribution in [1.82, 2.24) is 5.32 Å². The molecule has 98 valence electrons. The van der Waals surface area contributed by atoms with E-state index >= 15 is 0 Å². The smallest absolute Gasteiger partial charge is 0.407 e.